The van der Waals surface area contributed by atoms with Gasteiger partial charge in [-0.3, -0.25) is 4.79 Å². The molecule has 1 atom stereocenters. The fourth-order valence-corrected chi connectivity index (χ4v) is 0.884. The van der Waals surface area contributed by atoms with Gasteiger partial charge in [0, 0.05) is 5.69 Å². The zero-order valence-electron chi connectivity index (χ0n) is 7.82. The maximum absolute atomic E-state index is 11.2. The number of hydrogen-bond acceptors (Lipinski definition) is 3. The van der Waals surface area contributed by atoms with Gasteiger partial charge in [0.1, 0.15) is 0 Å². The first-order chi connectivity index (χ1) is 6.63. The molecular formula is C10H11N3O. The van der Waals surface area contributed by atoms with Crippen molar-refractivity contribution < 1.29 is 4.79 Å². The molecule has 0 aliphatic carbocycles. The lowest BCUT2D eigenvalue weighted by atomic mass is 10.2. The number of benzene rings is 1. The van der Waals surface area contributed by atoms with E-state index in [-0.39, 0.29) is 5.91 Å². The molecule has 4 nitrogen and oxygen atoms in total. The number of nitrogens with one attached hydrogen (secondary N) is 1. The number of nitriles is 1. The second kappa shape index (κ2) is 4.40. The topological polar surface area (TPSA) is 78.9 Å². The van der Waals surface area contributed by atoms with Gasteiger partial charge in [0.05, 0.1) is 17.7 Å². The number of carbonyl (C=O) groups is 1. The van der Waals surface area contributed by atoms with Crippen LogP contribution < -0.4 is 11.1 Å². The number of hydrogen-bond donors (Lipinski definition) is 2. The number of nitrogens with zero attached hydrogens (tertiary/aromatic N) is 1. The summed E-state index contributed by atoms with van der Waals surface area (Å²) < 4.78 is 0. The van der Waals surface area contributed by atoms with Crippen molar-refractivity contribution in [2.24, 2.45) is 5.73 Å². The van der Waals surface area contributed by atoms with Gasteiger partial charge < -0.3 is 11.1 Å². The van der Waals surface area contributed by atoms with Crippen molar-refractivity contribution in [3.05, 3.63) is 29.8 Å². The van der Waals surface area contributed by atoms with Gasteiger partial charge in [-0.15, -0.1) is 0 Å². The van der Waals surface area contributed by atoms with Crippen LogP contribution in [0.25, 0.3) is 0 Å². The molecule has 14 heavy (non-hydrogen) atoms. The SMILES string of the molecule is C[C@H](N)C(=O)Nc1ccc(C#N)cc1. The lowest BCUT2D eigenvalue weighted by Crippen LogP contribution is -2.32. The van der Waals surface area contributed by atoms with E-state index in [1.54, 1.807) is 31.2 Å². The maximum Gasteiger partial charge on any atom is 0.240 e. The number of anilines is 1. The first kappa shape index (κ1) is 10.2. The Hall–Kier alpha value is -1.86. The number of nitrogens with two attached hydrogens (primary N) is 1. The van der Waals surface area contributed by atoms with Gasteiger partial charge in [0.25, 0.3) is 0 Å². The minimum atomic E-state index is -0.536. The molecule has 0 saturated carbocycles. The first-order valence-corrected chi connectivity index (χ1v) is 4.20. The highest BCUT2D eigenvalue weighted by Gasteiger charge is 2.06. The van der Waals surface area contributed by atoms with Crippen molar-refractivity contribution >= 4 is 11.6 Å². The van der Waals surface area contributed by atoms with Crippen LogP contribution in [-0.4, -0.2) is 11.9 Å². The van der Waals surface area contributed by atoms with Gasteiger partial charge in [0.2, 0.25) is 5.91 Å². The standard InChI is InChI=1S/C10H11N3O/c1-7(12)10(14)13-9-4-2-8(6-11)3-5-9/h2-5,7H,12H2,1H3,(H,13,14)/t7-/m0/s1. The highest BCUT2D eigenvalue weighted by molar-refractivity contribution is 5.94. The quantitative estimate of drug-likeness (QED) is 0.723. The van der Waals surface area contributed by atoms with E-state index in [2.05, 4.69) is 5.32 Å². The highest BCUT2D eigenvalue weighted by atomic mass is 16.2. The summed E-state index contributed by atoms with van der Waals surface area (Å²) in [4.78, 5) is 11.2. The van der Waals surface area contributed by atoms with Crippen molar-refractivity contribution in [3.63, 3.8) is 0 Å². The molecule has 3 N–H and O–H groups in total. The van der Waals surface area contributed by atoms with Crippen molar-refractivity contribution in [3.8, 4) is 6.07 Å². The Morgan fingerprint density at radius 2 is 2.07 bits per heavy atom. The average Bonchev–Trinajstić information content (AvgIpc) is 2.19. The normalized spacial score (nSPS) is 11.5. The van der Waals surface area contributed by atoms with Crippen LogP contribution in [0.5, 0.6) is 0 Å². The molecule has 0 aromatic heterocycles. The smallest absolute Gasteiger partial charge is 0.240 e. The van der Waals surface area contributed by atoms with Crippen molar-refractivity contribution in [2.75, 3.05) is 5.32 Å². The van der Waals surface area contributed by atoms with Gasteiger partial charge in [0.15, 0.2) is 0 Å². The van der Waals surface area contributed by atoms with Crippen LogP contribution in [0.15, 0.2) is 24.3 Å². The molecule has 1 rings (SSSR count). The molecule has 0 bridgehead atoms. The summed E-state index contributed by atoms with van der Waals surface area (Å²) in [6, 6.07) is 8.06. The first-order valence-electron chi connectivity index (χ1n) is 4.20. The van der Waals surface area contributed by atoms with Crippen LogP contribution in [0.2, 0.25) is 0 Å². The number of carbonyl (C=O) groups excluding carboxylic acids is 1. The molecule has 0 aliphatic heterocycles. The van der Waals surface area contributed by atoms with E-state index in [0.29, 0.717) is 11.3 Å². The summed E-state index contributed by atoms with van der Waals surface area (Å²) in [5.41, 5.74) is 6.58. The van der Waals surface area contributed by atoms with E-state index in [1.807, 2.05) is 6.07 Å². The van der Waals surface area contributed by atoms with Gasteiger partial charge in [-0.2, -0.15) is 5.26 Å². The van der Waals surface area contributed by atoms with Crippen LogP contribution >= 0.6 is 0 Å². The Balaban J connectivity index is 2.70. The zero-order chi connectivity index (χ0) is 10.6. The average molecular weight is 189 g/mol. The number of rotatable bonds is 2. The third-order valence-corrected chi connectivity index (χ3v) is 1.70. The molecule has 0 saturated heterocycles. The Morgan fingerprint density at radius 1 is 1.50 bits per heavy atom. The third-order valence-electron chi connectivity index (χ3n) is 1.70. The Labute approximate surface area is 82.3 Å². The summed E-state index contributed by atoms with van der Waals surface area (Å²) in [5.74, 6) is -0.241. The molecule has 0 heterocycles. The maximum atomic E-state index is 11.2. The molecule has 4 heteroatoms. The second-order valence-electron chi connectivity index (χ2n) is 2.97. The minimum absolute atomic E-state index is 0.241. The zero-order valence-corrected chi connectivity index (χ0v) is 7.82. The molecule has 0 radical (unpaired) electrons. The van der Waals surface area contributed by atoms with Crippen molar-refractivity contribution in [1.82, 2.24) is 0 Å². The lowest BCUT2D eigenvalue weighted by molar-refractivity contribution is -0.117. The highest BCUT2D eigenvalue weighted by Crippen LogP contribution is 2.08. The molecule has 0 fully saturated rings. The van der Waals surface area contributed by atoms with Crippen LogP contribution in [0, 0.1) is 11.3 Å². The van der Waals surface area contributed by atoms with E-state index >= 15 is 0 Å². The van der Waals surface area contributed by atoms with Crippen LogP contribution in [-0.2, 0) is 4.79 Å². The molecule has 0 spiro atoms. The minimum Gasteiger partial charge on any atom is -0.325 e. The van der Waals surface area contributed by atoms with E-state index in [1.165, 1.54) is 0 Å². The van der Waals surface area contributed by atoms with Gasteiger partial charge in [-0.1, -0.05) is 0 Å². The van der Waals surface area contributed by atoms with E-state index in [0.717, 1.165) is 0 Å². The molecule has 1 aromatic carbocycles. The molecule has 1 aromatic rings. The van der Waals surface area contributed by atoms with E-state index in [9.17, 15) is 4.79 Å². The van der Waals surface area contributed by atoms with Crippen molar-refractivity contribution in [2.45, 2.75) is 13.0 Å². The molecule has 0 unspecified atom stereocenters. The second-order valence-corrected chi connectivity index (χ2v) is 2.97. The molecule has 0 aliphatic rings. The van der Waals surface area contributed by atoms with Gasteiger partial charge >= 0.3 is 0 Å². The predicted octanol–water partition coefficient (Wildman–Crippen LogP) is 0.844. The molecular weight excluding hydrogens is 178 g/mol. The fourth-order valence-electron chi connectivity index (χ4n) is 0.884. The third kappa shape index (κ3) is 2.57. The van der Waals surface area contributed by atoms with E-state index < -0.39 is 6.04 Å². The monoisotopic (exact) mass is 189 g/mol. The van der Waals surface area contributed by atoms with Crippen molar-refractivity contribution in [1.29, 1.82) is 5.26 Å². The van der Waals surface area contributed by atoms with Crippen LogP contribution in [0.3, 0.4) is 0 Å². The Bertz CT molecular complexity index is 362. The summed E-state index contributed by atoms with van der Waals surface area (Å²) in [6.45, 7) is 1.61. The Morgan fingerprint density at radius 3 is 2.50 bits per heavy atom. The molecule has 72 valence electrons. The van der Waals surface area contributed by atoms with E-state index in [4.69, 9.17) is 11.0 Å². The summed E-state index contributed by atoms with van der Waals surface area (Å²) >= 11 is 0. The Kier molecular flexibility index (Phi) is 3.21. The fraction of sp³-hybridized carbons (Fsp3) is 0.200. The van der Waals surface area contributed by atoms with Gasteiger partial charge in [-0.25, -0.2) is 0 Å². The summed E-state index contributed by atoms with van der Waals surface area (Å²) in [6.07, 6.45) is 0. The summed E-state index contributed by atoms with van der Waals surface area (Å²) in [5, 5.41) is 11.2. The van der Waals surface area contributed by atoms with Crippen LogP contribution in [0.1, 0.15) is 12.5 Å². The largest absolute Gasteiger partial charge is 0.325 e. The predicted molar refractivity (Wildman–Crippen MR) is 53.4 cm³/mol. The molecule has 1 amide bonds. The number of amides is 1. The lowest BCUT2D eigenvalue weighted by Gasteiger charge is -2.06. The summed E-state index contributed by atoms with van der Waals surface area (Å²) in [7, 11) is 0. The van der Waals surface area contributed by atoms with Gasteiger partial charge in [-0.05, 0) is 31.2 Å². The van der Waals surface area contributed by atoms with Crippen LogP contribution in [0.4, 0.5) is 5.69 Å².